The Bertz CT molecular complexity index is 750. The van der Waals surface area contributed by atoms with Crippen molar-refractivity contribution in [1.82, 2.24) is 0 Å². The maximum atomic E-state index is 13.2. The summed E-state index contributed by atoms with van der Waals surface area (Å²) in [7, 11) is 0. The highest BCUT2D eigenvalue weighted by Gasteiger charge is 2.63. The molecule has 4 fully saturated rings. The third-order valence-electron chi connectivity index (χ3n) is 12.2. The SMILES string of the molecule is CC[C@]1(O)CC[C@@]2(C)[C@@H](CC[C@H]3[C@@H]4[C@@H](C)C[C@H]([C@H](C)CC[C@@](C)(O)C(F)(F)F)[C@@]4(C)CC[C@@H]32)C1. The highest BCUT2D eigenvalue weighted by Crippen LogP contribution is 2.70. The van der Waals surface area contributed by atoms with Crippen LogP contribution in [0.15, 0.2) is 0 Å². The van der Waals surface area contributed by atoms with Crippen molar-refractivity contribution in [1.29, 1.82) is 0 Å². The molecule has 0 saturated heterocycles. The second kappa shape index (κ2) is 8.64. The Labute approximate surface area is 205 Å². The molecule has 0 unspecified atom stereocenters. The van der Waals surface area contributed by atoms with Crippen LogP contribution in [0.4, 0.5) is 13.2 Å². The summed E-state index contributed by atoms with van der Waals surface area (Å²) in [5.41, 5.74) is -2.57. The van der Waals surface area contributed by atoms with Crippen LogP contribution >= 0.6 is 0 Å². The summed E-state index contributed by atoms with van der Waals surface area (Å²) in [6.07, 6.45) is 5.49. The summed E-state index contributed by atoms with van der Waals surface area (Å²) in [4.78, 5) is 0. The number of alkyl halides is 3. The minimum absolute atomic E-state index is 0.184. The van der Waals surface area contributed by atoms with E-state index in [0.29, 0.717) is 47.3 Å². The van der Waals surface area contributed by atoms with Gasteiger partial charge in [-0.3, -0.25) is 0 Å². The first-order valence-corrected chi connectivity index (χ1v) is 14.1. The third-order valence-corrected chi connectivity index (χ3v) is 12.2. The van der Waals surface area contributed by atoms with E-state index >= 15 is 0 Å². The quantitative estimate of drug-likeness (QED) is 0.417. The molecule has 0 aromatic rings. The molecule has 4 aliphatic carbocycles. The maximum absolute atomic E-state index is 13.2. The average Bonchev–Trinajstić information content (AvgIpc) is 3.02. The molecule has 0 heterocycles. The lowest BCUT2D eigenvalue weighted by atomic mass is 9.43. The summed E-state index contributed by atoms with van der Waals surface area (Å²) < 4.78 is 39.7. The normalized spacial score (nSPS) is 49.5. The van der Waals surface area contributed by atoms with Gasteiger partial charge in [0, 0.05) is 0 Å². The number of hydrogen-bond donors (Lipinski definition) is 2. The van der Waals surface area contributed by atoms with Crippen molar-refractivity contribution < 1.29 is 23.4 Å². The fraction of sp³-hybridized carbons (Fsp3) is 1.00. The zero-order valence-electron chi connectivity index (χ0n) is 22.3. The van der Waals surface area contributed by atoms with Gasteiger partial charge in [-0.15, -0.1) is 0 Å². The van der Waals surface area contributed by atoms with Gasteiger partial charge < -0.3 is 10.2 Å². The van der Waals surface area contributed by atoms with E-state index in [2.05, 4.69) is 34.6 Å². The van der Waals surface area contributed by atoms with Gasteiger partial charge in [-0.25, -0.2) is 0 Å². The van der Waals surface area contributed by atoms with Crippen molar-refractivity contribution in [3.63, 3.8) is 0 Å². The Morgan fingerprint density at radius 3 is 2.32 bits per heavy atom. The summed E-state index contributed by atoms with van der Waals surface area (Å²) in [5, 5.41) is 21.0. The van der Waals surface area contributed by atoms with Crippen LogP contribution in [0.25, 0.3) is 0 Å². The molecule has 198 valence electrons. The van der Waals surface area contributed by atoms with E-state index in [9.17, 15) is 23.4 Å². The lowest BCUT2D eigenvalue weighted by molar-refractivity contribution is -0.256. The van der Waals surface area contributed by atoms with Crippen molar-refractivity contribution in [2.45, 2.75) is 130 Å². The molecule has 2 nitrogen and oxygen atoms in total. The van der Waals surface area contributed by atoms with Crippen LogP contribution in [0, 0.1) is 52.3 Å². The molecule has 4 saturated carbocycles. The standard InChI is InChI=1S/C29H49F3O2/c1-7-28(34)15-14-25(4)20(17-28)8-9-21-22(25)11-12-26(5)23(16-19(3)24(21)26)18(2)10-13-27(6,33)29(30,31)32/h18-24,33-34H,7-17H2,1-6H3/t18-,19+,20+,21-,22+,23-,24+,25+,26-,27-,28+/m1/s1. The Morgan fingerprint density at radius 2 is 1.71 bits per heavy atom. The van der Waals surface area contributed by atoms with E-state index in [1.54, 1.807) is 0 Å². The molecule has 0 amide bonds. The average molecular weight is 487 g/mol. The van der Waals surface area contributed by atoms with Gasteiger partial charge in [-0.05, 0) is 130 Å². The first kappa shape index (κ1) is 26.8. The van der Waals surface area contributed by atoms with Crippen LogP contribution in [0.3, 0.4) is 0 Å². The minimum atomic E-state index is -4.57. The molecule has 4 rings (SSSR count). The van der Waals surface area contributed by atoms with Crippen molar-refractivity contribution in [2.24, 2.45) is 52.3 Å². The van der Waals surface area contributed by atoms with Gasteiger partial charge in [0.1, 0.15) is 0 Å². The fourth-order valence-corrected chi connectivity index (χ4v) is 9.98. The molecule has 0 bridgehead atoms. The monoisotopic (exact) mass is 486 g/mol. The molecule has 0 aliphatic heterocycles. The van der Waals surface area contributed by atoms with E-state index in [0.717, 1.165) is 39.0 Å². The molecule has 0 aromatic heterocycles. The topological polar surface area (TPSA) is 40.5 Å². The largest absolute Gasteiger partial charge is 0.416 e. The fourth-order valence-electron chi connectivity index (χ4n) is 9.98. The Balaban J connectivity index is 1.50. The predicted octanol–water partition coefficient (Wildman–Crippen LogP) is 7.76. The Kier molecular flexibility index (Phi) is 6.80. The van der Waals surface area contributed by atoms with Gasteiger partial charge in [0.15, 0.2) is 5.60 Å². The summed E-state index contributed by atoms with van der Waals surface area (Å²) >= 11 is 0. The third kappa shape index (κ3) is 4.17. The van der Waals surface area contributed by atoms with Gasteiger partial charge in [0.25, 0.3) is 0 Å². The van der Waals surface area contributed by atoms with Crippen LogP contribution in [-0.4, -0.2) is 27.6 Å². The van der Waals surface area contributed by atoms with Crippen molar-refractivity contribution in [3.8, 4) is 0 Å². The van der Waals surface area contributed by atoms with Gasteiger partial charge in [-0.1, -0.05) is 34.6 Å². The molecule has 11 atom stereocenters. The molecule has 0 spiro atoms. The van der Waals surface area contributed by atoms with Crippen molar-refractivity contribution in [2.75, 3.05) is 0 Å². The minimum Gasteiger partial charge on any atom is -0.390 e. The number of halogens is 3. The molecule has 5 heteroatoms. The Hall–Kier alpha value is -0.290. The smallest absolute Gasteiger partial charge is 0.390 e. The van der Waals surface area contributed by atoms with Crippen molar-refractivity contribution in [3.05, 3.63) is 0 Å². The van der Waals surface area contributed by atoms with Gasteiger partial charge in [0.2, 0.25) is 0 Å². The molecule has 34 heavy (non-hydrogen) atoms. The molecule has 4 aliphatic rings. The van der Waals surface area contributed by atoms with Gasteiger partial charge in [0.05, 0.1) is 5.60 Å². The van der Waals surface area contributed by atoms with Gasteiger partial charge in [-0.2, -0.15) is 13.2 Å². The number of fused-ring (bicyclic) bond motifs is 5. The van der Waals surface area contributed by atoms with Crippen LogP contribution < -0.4 is 0 Å². The lowest BCUT2D eigenvalue weighted by Crippen LogP contribution is -2.56. The summed E-state index contributed by atoms with van der Waals surface area (Å²) in [6.45, 7) is 12.5. The highest BCUT2D eigenvalue weighted by atomic mass is 19.4. The van der Waals surface area contributed by atoms with Crippen molar-refractivity contribution >= 4 is 0 Å². The zero-order chi connectivity index (χ0) is 25.3. The van der Waals surface area contributed by atoms with Gasteiger partial charge >= 0.3 is 6.18 Å². The van der Waals surface area contributed by atoms with Crippen LogP contribution in [0.1, 0.15) is 112 Å². The lowest BCUT2D eigenvalue weighted by Gasteiger charge is -2.62. The van der Waals surface area contributed by atoms with E-state index in [4.69, 9.17) is 0 Å². The van der Waals surface area contributed by atoms with Crippen LogP contribution in [0.5, 0.6) is 0 Å². The van der Waals surface area contributed by atoms with Crippen LogP contribution in [0.2, 0.25) is 0 Å². The van der Waals surface area contributed by atoms with E-state index in [1.165, 1.54) is 25.7 Å². The second-order valence-electron chi connectivity index (χ2n) is 14.0. The van der Waals surface area contributed by atoms with E-state index in [1.807, 2.05) is 0 Å². The summed E-state index contributed by atoms with van der Waals surface area (Å²) in [5.74, 6) is 3.90. The highest BCUT2D eigenvalue weighted by molar-refractivity contribution is 5.12. The molecular formula is C29H49F3O2. The first-order valence-electron chi connectivity index (χ1n) is 14.1. The number of rotatable bonds is 5. The van der Waals surface area contributed by atoms with E-state index in [-0.39, 0.29) is 17.8 Å². The number of hydrogen-bond acceptors (Lipinski definition) is 2. The maximum Gasteiger partial charge on any atom is 0.416 e. The van der Waals surface area contributed by atoms with E-state index < -0.39 is 17.4 Å². The zero-order valence-corrected chi connectivity index (χ0v) is 22.3. The number of aliphatic hydroxyl groups is 2. The van der Waals surface area contributed by atoms with Crippen LogP contribution in [-0.2, 0) is 0 Å². The molecule has 0 aromatic carbocycles. The Morgan fingerprint density at radius 1 is 1.03 bits per heavy atom. The molecule has 2 N–H and O–H groups in total. The second-order valence-corrected chi connectivity index (χ2v) is 14.0. The molecular weight excluding hydrogens is 437 g/mol. The first-order chi connectivity index (χ1) is 15.6. The predicted molar refractivity (Wildman–Crippen MR) is 130 cm³/mol. The summed E-state index contributed by atoms with van der Waals surface area (Å²) in [6, 6.07) is 0. The molecule has 0 radical (unpaired) electrons.